The molecule has 5 heteroatoms. The Labute approximate surface area is 124 Å². The van der Waals surface area contributed by atoms with Gasteiger partial charge in [0, 0.05) is 4.90 Å². The molecule has 2 N–H and O–H groups in total. The molecule has 20 heavy (non-hydrogen) atoms. The van der Waals surface area contributed by atoms with Gasteiger partial charge in [0.25, 0.3) is 0 Å². The zero-order chi connectivity index (χ0) is 15.1. The normalized spacial score (nSPS) is 12.2. The summed E-state index contributed by atoms with van der Waals surface area (Å²) in [6.45, 7) is 5.33. The van der Waals surface area contributed by atoms with Gasteiger partial charge in [0.1, 0.15) is 0 Å². The van der Waals surface area contributed by atoms with Crippen molar-refractivity contribution in [3.63, 3.8) is 0 Å². The molecule has 0 radical (unpaired) electrons. The highest BCUT2D eigenvalue weighted by Gasteiger charge is 2.20. The van der Waals surface area contributed by atoms with Crippen molar-refractivity contribution in [2.45, 2.75) is 38.3 Å². The van der Waals surface area contributed by atoms with Gasteiger partial charge in [-0.2, -0.15) is 0 Å². The molecule has 0 aliphatic rings. The Kier molecular flexibility index (Phi) is 6.75. The lowest BCUT2D eigenvalue weighted by Gasteiger charge is -2.19. The molecule has 4 nitrogen and oxygen atoms in total. The number of rotatable bonds is 7. The lowest BCUT2D eigenvalue weighted by atomic mass is 10.0. The first kappa shape index (κ1) is 16.7. The minimum absolute atomic E-state index is 0.0140. The molecule has 1 aromatic carbocycles. The minimum Gasteiger partial charge on any atom is -0.392 e. The quantitative estimate of drug-likeness (QED) is 0.755. The van der Waals surface area contributed by atoms with Crippen molar-refractivity contribution in [1.82, 2.24) is 5.32 Å². The van der Waals surface area contributed by atoms with Crippen LogP contribution in [-0.2, 0) is 16.2 Å². The third-order valence-corrected chi connectivity index (χ3v) is 3.91. The third kappa shape index (κ3) is 5.35. The molecule has 1 atom stereocenters. The molecule has 0 fully saturated rings. The molecule has 0 aliphatic heterocycles. The number of hydrogen-bond acceptors (Lipinski definition) is 4. The molecule has 0 saturated carbocycles. The summed E-state index contributed by atoms with van der Waals surface area (Å²) in [5.41, 5.74) is 0.843. The lowest BCUT2D eigenvalue weighted by Crippen LogP contribution is -2.44. The number of ketones is 1. The van der Waals surface area contributed by atoms with Gasteiger partial charge in [0.05, 0.1) is 18.4 Å². The number of aliphatic hydroxyl groups excluding tert-OH is 1. The second-order valence-electron chi connectivity index (χ2n) is 4.99. The molecule has 0 aliphatic carbocycles. The molecule has 1 amide bonds. The second kappa shape index (κ2) is 8.07. The highest BCUT2D eigenvalue weighted by atomic mass is 32.2. The summed E-state index contributed by atoms with van der Waals surface area (Å²) in [7, 11) is 0. The Bertz CT molecular complexity index is 457. The first-order valence-corrected chi connectivity index (χ1v) is 7.55. The predicted octanol–water partition coefficient (Wildman–Crippen LogP) is 2.00. The van der Waals surface area contributed by atoms with E-state index in [2.05, 4.69) is 5.32 Å². The van der Waals surface area contributed by atoms with Crippen molar-refractivity contribution >= 4 is 23.5 Å². The summed E-state index contributed by atoms with van der Waals surface area (Å²) in [4.78, 5) is 24.2. The van der Waals surface area contributed by atoms with E-state index < -0.39 is 6.04 Å². The number of amides is 1. The Hall–Kier alpha value is -1.33. The van der Waals surface area contributed by atoms with Crippen LogP contribution in [0.5, 0.6) is 0 Å². The molecular weight excluding hydrogens is 274 g/mol. The van der Waals surface area contributed by atoms with Gasteiger partial charge in [-0.05, 0) is 30.5 Å². The highest BCUT2D eigenvalue weighted by Crippen LogP contribution is 2.18. The maximum absolute atomic E-state index is 11.8. The van der Waals surface area contributed by atoms with Crippen LogP contribution in [0.2, 0.25) is 0 Å². The predicted molar refractivity (Wildman–Crippen MR) is 80.5 cm³/mol. The molecule has 1 aromatic rings. The Balaban J connectivity index is 2.47. The van der Waals surface area contributed by atoms with Crippen molar-refractivity contribution in [3.05, 3.63) is 29.8 Å². The number of carbonyl (C=O) groups is 2. The average molecular weight is 295 g/mol. The first-order valence-electron chi connectivity index (χ1n) is 6.56. The van der Waals surface area contributed by atoms with Crippen LogP contribution >= 0.6 is 11.8 Å². The van der Waals surface area contributed by atoms with Crippen molar-refractivity contribution in [2.24, 2.45) is 5.92 Å². The molecule has 1 unspecified atom stereocenters. The smallest absolute Gasteiger partial charge is 0.230 e. The van der Waals surface area contributed by atoms with Crippen LogP contribution < -0.4 is 5.32 Å². The van der Waals surface area contributed by atoms with E-state index in [0.717, 1.165) is 10.5 Å². The molecule has 0 aromatic heterocycles. The number of aliphatic hydroxyl groups is 1. The average Bonchev–Trinajstić information content (AvgIpc) is 2.42. The summed E-state index contributed by atoms with van der Waals surface area (Å²) in [5.74, 6) is 0.195. The van der Waals surface area contributed by atoms with Crippen LogP contribution in [0.4, 0.5) is 0 Å². The van der Waals surface area contributed by atoms with Crippen molar-refractivity contribution < 1.29 is 14.7 Å². The minimum atomic E-state index is -0.417. The summed E-state index contributed by atoms with van der Waals surface area (Å²) < 4.78 is 0. The van der Waals surface area contributed by atoms with E-state index in [1.165, 1.54) is 18.7 Å². The van der Waals surface area contributed by atoms with E-state index in [1.54, 1.807) is 0 Å². The summed E-state index contributed by atoms with van der Waals surface area (Å²) in [6, 6.07) is 6.97. The van der Waals surface area contributed by atoms with Crippen LogP contribution in [-0.4, -0.2) is 28.6 Å². The number of hydrogen-bond donors (Lipinski definition) is 2. The van der Waals surface area contributed by atoms with Gasteiger partial charge in [-0.1, -0.05) is 26.0 Å². The van der Waals surface area contributed by atoms with Crippen LogP contribution in [0.25, 0.3) is 0 Å². The third-order valence-electron chi connectivity index (χ3n) is 2.90. The summed E-state index contributed by atoms with van der Waals surface area (Å²) >= 11 is 1.41. The molecule has 0 spiro atoms. The van der Waals surface area contributed by atoms with Crippen LogP contribution in [0.3, 0.4) is 0 Å². The molecule has 1 rings (SSSR count). The van der Waals surface area contributed by atoms with Crippen LogP contribution in [0.1, 0.15) is 26.3 Å². The van der Waals surface area contributed by atoms with E-state index in [-0.39, 0.29) is 30.0 Å². The number of nitrogens with one attached hydrogen (secondary N) is 1. The van der Waals surface area contributed by atoms with Crippen LogP contribution in [0, 0.1) is 5.92 Å². The SMILES string of the molecule is CC(=O)C(NC(=O)CSc1ccc(CO)cc1)C(C)C. The standard InChI is InChI=1S/C15H21NO3S/c1-10(2)15(11(3)18)16-14(19)9-20-13-6-4-12(8-17)5-7-13/h4-7,10,15,17H,8-9H2,1-3H3,(H,16,19). The van der Waals surface area contributed by atoms with Gasteiger partial charge in [-0.15, -0.1) is 11.8 Å². The van der Waals surface area contributed by atoms with Gasteiger partial charge >= 0.3 is 0 Å². The molecule has 110 valence electrons. The van der Waals surface area contributed by atoms with Crippen molar-refractivity contribution in [2.75, 3.05) is 5.75 Å². The lowest BCUT2D eigenvalue weighted by molar-refractivity contribution is -0.126. The maximum atomic E-state index is 11.8. The number of benzene rings is 1. The fraction of sp³-hybridized carbons (Fsp3) is 0.467. The van der Waals surface area contributed by atoms with Gasteiger partial charge in [-0.3, -0.25) is 9.59 Å². The Morgan fingerprint density at radius 1 is 1.25 bits per heavy atom. The van der Waals surface area contributed by atoms with Crippen LogP contribution in [0.15, 0.2) is 29.2 Å². The molecule has 0 heterocycles. The van der Waals surface area contributed by atoms with E-state index in [0.29, 0.717) is 0 Å². The van der Waals surface area contributed by atoms with Crippen molar-refractivity contribution in [1.29, 1.82) is 0 Å². The van der Waals surface area contributed by atoms with Gasteiger partial charge < -0.3 is 10.4 Å². The van der Waals surface area contributed by atoms with Gasteiger partial charge in [-0.25, -0.2) is 0 Å². The first-order chi connectivity index (χ1) is 9.43. The van der Waals surface area contributed by atoms with Gasteiger partial charge in [0.2, 0.25) is 5.91 Å². The second-order valence-corrected chi connectivity index (χ2v) is 6.04. The molecule has 0 bridgehead atoms. The fourth-order valence-electron chi connectivity index (χ4n) is 1.79. The van der Waals surface area contributed by atoms with E-state index in [1.807, 2.05) is 38.1 Å². The van der Waals surface area contributed by atoms with Crippen molar-refractivity contribution in [3.8, 4) is 0 Å². The topological polar surface area (TPSA) is 66.4 Å². The number of carbonyl (C=O) groups excluding carboxylic acids is 2. The monoisotopic (exact) mass is 295 g/mol. The highest BCUT2D eigenvalue weighted by molar-refractivity contribution is 8.00. The van der Waals surface area contributed by atoms with Gasteiger partial charge in [0.15, 0.2) is 5.78 Å². The number of thioether (sulfide) groups is 1. The molecule has 0 saturated heterocycles. The number of Topliss-reactive ketones (excluding diaryl/α,β-unsaturated/α-hetero) is 1. The Morgan fingerprint density at radius 3 is 2.30 bits per heavy atom. The van der Waals surface area contributed by atoms with E-state index in [9.17, 15) is 9.59 Å². The molecular formula is C15H21NO3S. The zero-order valence-corrected chi connectivity index (χ0v) is 12.9. The van der Waals surface area contributed by atoms with E-state index >= 15 is 0 Å². The van der Waals surface area contributed by atoms with E-state index in [4.69, 9.17) is 5.11 Å². The maximum Gasteiger partial charge on any atom is 0.230 e. The largest absolute Gasteiger partial charge is 0.392 e. The summed E-state index contributed by atoms with van der Waals surface area (Å²) in [6.07, 6.45) is 0. The fourth-order valence-corrected chi connectivity index (χ4v) is 2.50. The zero-order valence-electron chi connectivity index (χ0n) is 12.1. The summed E-state index contributed by atoms with van der Waals surface area (Å²) in [5, 5.41) is 11.7. The Morgan fingerprint density at radius 2 is 1.85 bits per heavy atom.